The molecule has 8 nitrogen and oxygen atoms in total. The molecule has 2 N–H and O–H groups in total. The molecular formula is C18H26N2O6S. The largest absolute Gasteiger partial charge is 0.481 e. The Bertz CT molecular complexity index is 783. The number of rotatable bonds is 8. The van der Waals surface area contributed by atoms with Crippen molar-refractivity contribution in [3.63, 3.8) is 0 Å². The highest BCUT2D eigenvalue weighted by molar-refractivity contribution is 7.89. The first-order valence-corrected chi connectivity index (χ1v) is 10.4. The molecule has 0 aromatic heterocycles. The van der Waals surface area contributed by atoms with Gasteiger partial charge < -0.3 is 15.2 Å². The van der Waals surface area contributed by atoms with Crippen LogP contribution in [0.1, 0.15) is 37.0 Å². The number of benzene rings is 1. The predicted octanol–water partition coefficient (Wildman–Crippen LogP) is 1.33. The zero-order chi connectivity index (χ0) is 20.1. The Balaban J connectivity index is 2.17. The molecule has 1 heterocycles. The van der Waals surface area contributed by atoms with Gasteiger partial charge in [0.15, 0.2) is 0 Å². The number of aliphatic carboxylic acids is 1. The van der Waals surface area contributed by atoms with Crippen molar-refractivity contribution in [3.05, 3.63) is 29.8 Å². The minimum Gasteiger partial charge on any atom is -0.481 e. The topological polar surface area (TPSA) is 113 Å². The highest BCUT2D eigenvalue weighted by Gasteiger charge is 2.40. The van der Waals surface area contributed by atoms with Crippen LogP contribution < -0.4 is 5.32 Å². The standard InChI is InChI=1S/C18H26N2O6S/c1-3-20(4-2)27(24,25)15-7-5-6-14(12-15)16(21)19-13-18(17(22)23)8-10-26-11-9-18/h5-7,12H,3-4,8-11,13H2,1-2H3,(H,19,21)(H,22,23). The van der Waals surface area contributed by atoms with E-state index in [1.165, 1.54) is 28.6 Å². The zero-order valence-electron chi connectivity index (χ0n) is 15.6. The minimum absolute atomic E-state index is 0.0302. The first-order valence-electron chi connectivity index (χ1n) is 8.96. The maximum absolute atomic E-state index is 12.6. The summed E-state index contributed by atoms with van der Waals surface area (Å²) in [7, 11) is -3.68. The number of carboxylic acids is 1. The molecule has 1 aliphatic rings. The Hall–Kier alpha value is -1.97. The average Bonchev–Trinajstić information content (AvgIpc) is 2.67. The number of carbonyl (C=O) groups is 2. The van der Waals surface area contributed by atoms with Crippen molar-refractivity contribution in [1.82, 2.24) is 9.62 Å². The van der Waals surface area contributed by atoms with E-state index in [9.17, 15) is 23.1 Å². The fourth-order valence-electron chi connectivity index (χ4n) is 3.09. The fraction of sp³-hybridized carbons (Fsp3) is 0.556. The first-order chi connectivity index (χ1) is 12.8. The lowest BCUT2D eigenvalue weighted by Gasteiger charge is -2.33. The number of hydrogen-bond acceptors (Lipinski definition) is 5. The Morgan fingerprint density at radius 2 is 1.85 bits per heavy atom. The molecule has 1 amide bonds. The number of sulfonamides is 1. The lowest BCUT2D eigenvalue weighted by atomic mass is 9.80. The van der Waals surface area contributed by atoms with E-state index in [0.29, 0.717) is 39.1 Å². The second-order valence-corrected chi connectivity index (χ2v) is 8.44. The minimum atomic E-state index is -3.68. The van der Waals surface area contributed by atoms with Gasteiger partial charge in [0.2, 0.25) is 10.0 Å². The molecule has 1 aliphatic heterocycles. The van der Waals surface area contributed by atoms with E-state index < -0.39 is 27.3 Å². The molecule has 0 radical (unpaired) electrons. The Morgan fingerprint density at radius 3 is 2.41 bits per heavy atom. The summed E-state index contributed by atoms with van der Waals surface area (Å²) < 4.78 is 31.8. The molecule has 9 heteroatoms. The summed E-state index contributed by atoms with van der Waals surface area (Å²) in [6, 6.07) is 5.78. The SMILES string of the molecule is CCN(CC)S(=O)(=O)c1cccc(C(=O)NCC2(C(=O)O)CCOCC2)c1. The van der Waals surface area contributed by atoms with Gasteiger partial charge in [-0.15, -0.1) is 0 Å². The van der Waals surface area contributed by atoms with Gasteiger partial charge in [-0.2, -0.15) is 4.31 Å². The van der Waals surface area contributed by atoms with Crippen LogP contribution in [0.5, 0.6) is 0 Å². The number of nitrogens with one attached hydrogen (secondary N) is 1. The second kappa shape index (κ2) is 8.81. The van der Waals surface area contributed by atoms with Crippen molar-refractivity contribution in [1.29, 1.82) is 0 Å². The maximum atomic E-state index is 12.6. The summed E-state index contributed by atoms with van der Waals surface area (Å²) in [5.74, 6) is -1.47. The number of nitrogens with zero attached hydrogens (tertiary/aromatic N) is 1. The Morgan fingerprint density at radius 1 is 1.22 bits per heavy atom. The molecule has 0 spiro atoms. The van der Waals surface area contributed by atoms with Gasteiger partial charge in [0.25, 0.3) is 5.91 Å². The van der Waals surface area contributed by atoms with Gasteiger partial charge in [-0.05, 0) is 31.0 Å². The van der Waals surface area contributed by atoms with Crippen molar-refractivity contribution in [2.75, 3.05) is 32.8 Å². The van der Waals surface area contributed by atoms with Gasteiger partial charge in [0.05, 0.1) is 10.3 Å². The number of hydrogen-bond donors (Lipinski definition) is 2. The fourth-order valence-corrected chi connectivity index (χ4v) is 4.59. The third-order valence-electron chi connectivity index (χ3n) is 4.93. The summed E-state index contributed by atoms with van der Waals surface area (Å²) in [6.07, 6.45) is 0.637. The maximum Gasteiger partial charge on any atom is 0.311 e. The van der Waals surface area contributed by atoms with Crippen LogP contribution in [0.4, 0.5) is 0 Å². The number of amides is 1. The van der Waals surface area contributed by atoms with Crippen LogP contribution in [-0.2, 0) is 19.6 Å². The summed E-state index contributed by atoms with van der Waals surface area (Å²) in [4.78, 5) is 24.2. The van der Waals surface area contributed by atoms with Crippen LogP contribution in [0.25, 0.3) is 0 Å². The van der Waals surface area contributed by atoms with Crippen molar-refractivity contribution in [3.8, 4) is 0 Å². The molecule has 0 saturated carbocycles. The second-order valence-electron chi connectivity index (χ2n) is 6.50. The third-order valence-corrected chi connectivity index (χ3v) is 6.98. The molecule has 0 bridgehead atoms. The summed E-state index contributed by atoms with van der Waals surface area (Å²) in [5.41, 5.74) is -0.880. The molecule has 1 fully saturated rings. The van der Waals surface area contributed by atoms with Crippen LogP contribution in [-0.4, -0.2) is 62.6 Å². The van der Waals surface area contributed by atoms with E-state index in [2.05, 4.69) is 5.32 Å². The molecule has 0 aliphatic carbocycles. The van der Waals surface area contributed by atoms with Gasteiger partial charge in [-0.3, -0.25) is 9.59 Å². The normalized spacial score (nSPS) is 16.9. The number of carbonyl (C=O) groups excluding carboxylic acids is 1. The van der Waals surface area contributed by atoms with Crippen LogP contribution in [0, 0.1) is 5.41 Å². The lowest BCUT2D eigenvalue weighted by molar-refractivity contribution is -0.154. The smallest absolute Gasteiger partial charge is 0.311 e. The quantitative estimate of drug-likeness (QED) is 0.683. The Kier molecular flexibility index (Phi) is 6.96. The predicted molar refractivity (Wildman–Crippen MR) is 99.0 cm³/mol. The van der Waals surface area contributed by atoms with E-state index in [-0.39, 0.29) is 17.0 Å². The molecule has 27 heavy (non-hydrogen) atoms. The van der Waals surface area contributed by atoms with Crippen molar-refractivity contribution in [2.45, 2.75) is 31.6 Å². The molecule has 150 valence electrons. The van der Waals surface area contributed by atoms with Crippen molar-refractivity contribution >= 4 is 21.9 Å². The summed E-state index contributed by atoms with van der Waals surface area (Å²) in [5, 5.41) is 12.2. The average molecular weight is 398 g/mol. The first kappa shape index (κ1) is 21.3. The van der Waals surface area contributed by atoms with E-state index in [4.69, 9.17) is 4.74 Å². The molecule has 1 aromatic carbocycles. The van der Waals surface area contributed by atoms with Gasteiger partial charge in [0, 0.05) is 38.4 Å². The number of carboxylic acid groups (broad SMARTS) is 1. The molecule has 0 atom stereocenters. The van der Waals surface area contributed by atoms with Crippen LogP contribution in [0.2, 0.25) is 0 Å². The van der Waals surface area contributed by atoms with Crippen molar-refractivity contribution < 1.29 is 27.9 Å². The van der Waals surface area contributed by atoms with Crippen molar-refractivity contribution in [2.24, 2.45) is 5.41 Å². The highest BCUT2D eigenvalue weighted by Crippen LogP contribution is 2.30. The molecular weight excluding hydrogens is 372 g/mol. The van der Waals surface area contributed by atoms with Crippen LogP contribution in [0.3, 0.4) is 0 Å². The highest BCUT2D eigenvalue weighted by atomic mass is 32.2. The van der Waals surface area contributed by atoms with Gasteiger partial charge in [-0.1, -0.05) is 19.9 Å². The summed E-state index contributed by atoms with van der Waals surface area (Å²) in [6.45, 7) is 4.79. The van der Waals surface area contributed by atoms with Gasteiger partial charge >= 0.3 is 5.97 Å². The monoisotopic (exact) mass is 398 g/mol. The van der Waals surface area contributed by atoms with E-state index in [1.54, 1.807) is 13.8 Å². The van der Waals surface area contributed by atoms with Gasteiger partial charge in [0.1, 0.15) is 0 Å². The summed E-state index contributed by atoms with van der Waals surface area (Å²) >= 11 is 0. The van der Waals surface area contributed by atoms with Gasteiger partial charge in [-0.25, -0.2) is 8.42 Å². The third kappa shape index (κ3) is 4.66. The number of ether oxygens (including phenoxy) is 1. The van der Waals surface area contributed by atoms with E-state index in [1.807, 2.05) is 0 Å². The molecule has 0 unspecified atom stereocenters. The molecule has 1 aromatic rings. The van der Waals surface area contributed by atoms with Crippen LogP contribution in [0.15, 0.2) is 29.2 Å². The Labute approximate surface area is 159 Å². The van der Waals surface area contributed by atoms with Crippen LogP contribution >= 0.6 is 0 Å². The lowest BCUT2D eigenvalue weighted by Crippen LogP contribution is -2.46. The van der Waals surface area contributed by atoms with E-state index >= 15 is 0 Å². The molecule has 2 rings (SSSR count). The zero-order valence-corrected chi connectivity index (χ0v) is 16.4. The molecule has 1 saturated heterocycles. The van der Waals surface area contributed by atoms with E-state index in [0.717, 1.165) is 0 Å².